The third kappa shape index (κ3) is 2.54. The van der Waals surface area contributed by atoms with E-state index in [-0.39, 0.29) is 0 Å². The Bertz CT molecular complexity index is 1270. The normalized spacial score (nSPS) is 11.3. The quantitative estimate of drug-likeness (QED) is 0.500. The number of aromatic amines is 1. The molecule has 5 rings (SSSR count). The molecule has 0 aliphatic carbocycles. The van der Waals surface area contributed by atoms with E-state index in [0.717, 1.165) is 49.9 Å². The van der Waals surface area contributed by atoms with E-state index in [9.17, 15) is 0 Å². The Kier molecular flexibility index (Phi) is 3.43. The highest BCUT2D eigenvalue weighted by molar-refractivity contribution is 6.20. The number of aromatic nitrogens is 4. The standard InChI is InChI=1S/C21H18N6/c1-27(2)14-5-3-13(4-6-14)24-21-19-15-11-22-9-7-17(15)25-20(19)16-12-23-10-8-18(16)26-21/h3-12,25H,1-2H3,(H,24,26). The summed E-state index contributed by atoms with van der Waals surface area (Å²) in [6.45, 7) is 0. The number of nitrogens with one attached hydrogen (secondary N) is 2. The van der Waals surface area contributed by atoms with Gasteiger partial charge < -0.3 is 15.2 Å². The van der Waals surface area contributed by atoms with E-state index in [0.29, 0.717) is 0 Å². The molecule has 1 aromatic carbocycles. The molecular formula is C21H18N6. The van der Waals surface area contributed by atoms with Crippen LogP contribution in [0, 0.1) is 0 Å². The Balaban J connectivity index is 1.74. The number of hydrogen-bond donors (Lipinski definition) is 2. The molecule has 0 aliphatic rings. The van der Waals surface area contributed by atoms with Crippen LogP contribution in [0.25, 0.3) is 32.7 Å². The fraction of sp³-hybridized carbons (Fsp3) is 0.0952. The molecule has 0 spiro atoms. The zero-order valence-corrected chi connectivity index (χ0v) is 15.1. The first-order chi connectivity index (χ1) is 13.2. The Hall–Kier alpha value is -3.67. The fourth-order valence-electron chi connectivity index (χ4n) is 3.41. The van der Waals surface area contributed by atoms with Gasteiger partial charge in [0.15, 0.2) is 0 Å². The van der Waals surface area contributed by atoms with Gasteiger partial charge >= 0.3 is 0 Å². The lowest BCUT2D eigenvalue weighted by Gasteiger charge is -2.14. The summed E-state index contributed by atoms with van der Waals surface area (Å²) in [6.07, 6.45) is 7.28. The molecule has 5 aromatic rings. The molecule has 4 aromatic heterocycles. The molecule has 0 unspecified atom stereocenters. The number of H-pyrrole nitrogens is 1. The minimum absolute atomic E-state index is 0.806. The highest BCUT2D eigenvalue weighted by Crippen LogP contribution is 2.35. The first-order valence-corrected chi connectivity index (χ1v) is 8.74. The van der Waals surface area contributed by atoms with Gasteiger partial charge in [0.1, 0.15) is 5.82 Å². The van der Waals surface area contributed by atoms with E-state index in [1.165, 1.54) is 0 Å². The maximum absolute atomic E-state index is 4.87. The molecule has 0 bridgehead atoms. The van der Waals surface area contributed by atoms with E-state index in [1.807, 2.05) is 38.6 Å². The van der Waals surface area contributed by atoms with Gasteiger partial charge in [-0.3, -0.25) is 9.97 Å². The minimum Gasteiger partial charge on any atom is -0.378 e. The van der Waals surface area contributed by atoms with E-state index < -0.39 is 0 Å². The molecule has 0 fully saturated rings. The van der Waals surface area contributed by atoms with Crippen molar-refractivity contribution in [3.63, 3.8) is 0 Å². The first-order valence-electron chi connectivity index (χ1n) is 8.74. The molecule has 6 nitrogen and oxygen atoms in total. The molecule has 0 radical (unpaired) electrons. The van der Waals surface area contributed by atoms with Crippen molar-refractivity contribution >= 4 is 49.9 Å². The second-order valence-corrected chi connectivity index (χ2v) is 6.72. The van der Waals surface area contributed by atoms with E-state index in [1.54, 1.807) is 12.4 Å². The molecular weight excluding hydrogens is 336 g/mol. The smallest absolute Gasteiger partial charge is 0.141 e. The summed E-state index contributed by atoms with van der Waals surface area (Å²) < 4.78 is 0. The predicted molar refractivity (Wildman–Crippen MR) is 111 cm³/mol. The monoisotopic (exact) mass is 354 g/mol. The van der Waals surface area contributed by atoms with Gasteiger partial charge in [0.25, 0.3) is 0 Å². The molecule has 132 valence electrons. The molecule has 27 heavy (non-hydrogen) atoms. The summed E-state index contributed by atoms with van der Waals surface area (Å²) >= 11 is 0. The molecule has 0 aliphatic heterocycles. The summed E-state index contributed by atoms with van der Waals surface area (Å²) in [7, 11) is 4.06. The van der Waals surface area contributed by atoms with Crippen LogP contribution in [0.2, 0.25) is 0 Å². The van der Waals surface area contributed by atoms with Crippen molar-refractivity contribution in [1.29, 1.82) is 0 Å². The molecule has 0 amide bonds. The maximum atomic E-state index is 4.87. The van der Waals surface area contributed by atoms with Gasteiger partial charge in [-0.1, -0.05) is 0 Å². The third-order valence-corrected chi connectivity index (χ3v) is 4.78. The maximum Gasteiger partial charge on any atom is 0.141 e. The van der Waals surface area contributed by atoms with Crippen LogP contribution in [-0.4, -0.2) is 34.0 Å². The van der Waals surface area contributed by atoms with Crippen LogP contribution in [0.15, 0.2) is 61.2 Å². The zero-order valence-electron chi connectivity index (χ0n) is 15.1. The van der Waals surface area contributed by atoms with Crippen molar-refractivity contribution in [1.82, 2.24) is 19.9 Å². The van der Waals surface area contributed by atoms with Crippen molar-refractivity contribution in [2.45, 2.75) is 0 Å². The second kappa shape index (κ2) is 5.95. The summed E-state index contributed by atoms with van der Waals surface area (Å²) in [5.41, 5.74) is 5.08. The third-order valence-electron chi connectivity index (χ3n) is 4.78. The van der Waals surface area contributed by atoms with Crippen molar-refractivity contribution in [3.8, 4) is 0 Å². The van der Waals surface area contributed by atoms with Crippen LogP contribution in [0.1, 0.15) is 0 Å². The van der Waals surface area contributed by atoms with E-state index in [4.69, 9.17) is 4.98 Å². The van der Waals surface area contributed by atoms with Gasteiger partial charge in [-0.15, -0.1) is 0 Å². The van der Waals surface area contributed by atoms with E-state index in [2.05, 4.69) is 49.4 Å². The summed E-state index contributed by atoms with van der Waals surface area (Å²) in [5.74, 6) is 0.806. The number of nitrogens with zero attached hydrogens (tertiary/aromatic N) is 4. The largest absolute Gasteiger partial charge is 0.378 e. The number of anilines is 3. The topological polar surface area (TPSA) is 69.7 Å². The molecule has 0 saturated carbocycles. The lowest BCUT2D eigenvalue weighted by atomic mass is 10.1. The average molecular weight is 354 g/mol. The SMILES string of the molecule is CN(C)c1ccc(Nc2nc3ccncc3c3[nH]c4ccncc4c23)cc1. The van der Waals surface area contributed by atoms with Crippen molar-refractivity contribution < 1.29 is 0 Å². The molecule has 2 N–H and O–H groups in total. The summed E-state index contributed by atoms with van der Waals surface area (Å²) in [4.78, 5) is 19.0. The second-order valence-electron chi connectivity index (χ2n) is 6.72. The minimum atomic E-state index is 0.806. The highest BCUT2D eigenvalue weighted by Gasteiger charge is 2.14. The first kappa shape index (κ1) is 15.6. The highest BCUT2D eigenvalue weighted by atomic mass is 15.1. The number of fused-ring (bicyclic) bond motifs is 5. The molecule has 0 atom stereocenters. The summed E-state index contributed by atoms with van der Waals surface area (Å²) in [6, 6.07) is 12.2. The van der Waals surface area contributed by atoms with Crippen LogP contribution in [0.3, 0.4) is 0 Å². The van der Waals surface area contributed by atoms with Crippen LogP contribution < -0.4 is 10.2 Å². The summed E-state index contributed by atoms with van der Waals surface area (Å²) in [5, 5.41) is 6.55. The van der Waals surface area contributed by atoms with Crippen LogP contribution in [0.4, 0.5) is 17.2 Å². The number of benzene rings is 1. The number of hydrogen-bond acceptors (Lipinski definition) is 5. The van der Waals surface area contributed by atoms with Gasteiger partial charge in [-0.05, 0) is 36.4 Å². The van der Waals surface area contributed by atoms with Gasteiger partial charge in [0, 0.05) is 66.5 Å². The zero-order chi connectivity index (χ0) is 18.4. The molecule has 6 heteroatoms. The predicted octanol–water partition coefficient (Wildman–Crippen LogP) is 4.47. The van der Waals surface area contributed by atoms with E-state index >= 15 is 0 Å². The number of rotatable bonds is 3. The lowest BCUT2D eigenvalue weighted by Crippen LogP contribution is -2.08. The number of pyridine rings is 3. The molecule has 0 saturated heterocycles. The van der Waals surface area contributed by atoms with Crippen molar-refractivity contribution in [2.75, 3.05) is 24.3 Å². The van der Waals surface area contributed by atoms with Crippen LogP contribution in [-0.2, 0) is 0 Å². The van der Waals surface area contributed by atoms with Crippen LogP contribution >= 0.6 is 0 Å². The molecule has 4 heterocycles. The van der Waals surface area contributed by atoms with Gasteiger partial charge in [-0.2, -0.15) is 0 Å². The van der Waals surface area contributed by atoms with Crippen molar-refractivity contribution in [2.24, 2.45) is 0 Å². The van der Waals surface area contributed by atoms with Gasteiger partial charge in [-0.25, -0.2) is 4.98 Å². The Labute approximate surface area is 155 Å². The van der Waals surface area contributed by atoms with Crippen molar-refractivity contribution in [3.05, 3.63) is 61.2 Å². The van der Waals surface area contributed by atoms with Gasteiger partial charge in [0.05, 0.1) is 16.4 Å². The van der Waals surface area contributed by atoms with Crippen LogP contribution in [0.5, 0.6) is 0 Å². The fourth-order valence-corrected chi connectivity index (χ4v) is 3.41. The van der Waals surface area contributed by atoms with Gasteiger partial charge in [0.2, 0.25) is 0 Å². The Morgan fingerprint density at radius 3 is 2.41 bits per heavy atom. The Morgan fingerprint density at radius 2 is 1.63 bits per heavy atom. The average Bonchev–Trinajstić information content (AvgIpc) is 3.09. The Morgan fingerprint density at radius 1 is 0.889 bits per heavy atom. The lowest BCUT2D eigenvalue weighted by molar-refractivity contribution is 1.13.